The maximum Gasteiger partial charge on any atom is 0.228 e. The van der Waals surface area contributed by atoms with Crippen molar-refractivity contribution in [3.8, 4) is 22.9 Å². The summed E-state index contributed by atoms with van der Waals surface area (Å²) in [5.41, 5.74) is -1.41. The predicted molar refractivity (Wildman–Crippen MR) is 148 cm³/mol. The molecule has 2 aromatic carbocycles. The molecule has 5 rings (SSSR count). The number of piperidine rings is 1. The maximum atomic E-state index is 15.7. The first-order valence-electron chi connectivity index (χ1n) is 13.0. The van der Waals surface area contributed by atoms with E-state index in [-0.39, 0.29) is 42.1 Å². The lowest BCUT2D eigenvalue weighted by molar-refractivity contribution is 0.254. The molecule has 2 aromatic heterocycles. The molecule has 1 fully saturated rings. The van der Waals surface area contributed by atoms with E-state index in [2.05, 4.69) is 25.6 Å². The second-order valence-electron chi connectivity index (χ2n) is 9.72. The number of aromatic nitrogens is 3. The van der Waals surface area contributed by atoms with Crippen LogP contribution >= 0.6 is 0 Å². The van der Waals surface area contributed by atoms with E-state index in [1.54, 1.807) is 18.2 Å². The van der Waals surface area contributed by atoms with Crippen LogP contribution in [0.1, 0.15) is 29.2 Å². The van der Waals surface area contributed by atoms with Crippen LogP contribution < -0.4 is 20.1 Å². The largest absolute Gasteiger partial charge is 0.438 e. The molecular formula is C28H25F5N6O3S. The van der Waals surface area contributed by atoms with E-state index in [1.807, 2.05) is 4.72 Å². The molecule has 0 saturated carbocycles. The van der Waals surface area contributed by atoms with Crippen molar-refractivity contribution in [2.24, 2.45) is 0 Å². The Morgan fingerprint density at radius 2 is 1.74 bits per heavy atom. The van der Waals surface area contributed by atoms with Crippen LogP contribution in [0.2, 0.25) is 0 Å². The number of pyridine rings is 1. The van der Waals surface area contributed by atoms with Gasteiger partial charge in [0.1, 0.15) is 35.2 Å². The van der Waals surface area contributed by atoms with E-state index < -0.39 is 57.5 Å². The second-order valence-corrected chi connectivity index (χ2v) is 10.5. The highest BCUT2D eigenvalue weighted by Gasteiger charge is 2.31. The average molecular weight is 621 g/mol. The van der Waals surface area contributed by atoms with Gasteiger partial charge in [-0.25, -0.2) is 50.0 Å². The molecule has 0 amide bonds. The van der Waals surface area contributed by atoms with Crippen LogP contribution in [-0.4, -0.2) is 48.7 Å². The van der Waals surface area contributed by atoms with Crippen LogP contribution in [0.4, 0.5) is 27.9 Å². The SMILES string of the molecule is Cc1c(Oc2ncccc2-c2ccnc(N[C@@H]3CNC[C@@H](F)C3)n2)cc(F)c(C(N[SH](=O)=O)c2c(F)cccc2F)c1F. The Labute approximate surface area is 244 Å². The van der Waals surface area contributed by atoms with Gasteiger partial charge >= 0.3 is 0 Å². The van der Waals surface area contributed by atoms with Crippen molar-refractivity contribution in [3.05, 3.63) is 94.8 Å². The van der Waals surface area contributed by atoms with Crippen molar-refractivity contribution in [2.45, 2.75) is 31.6 Å². The van der Waals surface area contributed by atoms with Gasteiger partial charge in [-0.2, -0.15) is 0 Å². The van der Waals surface area contributed by atoms with Crippen molar-refractivity contribution >= 4 is 16.8 Å². The quantitative estimate of drug-likeness (QED) is 0.160. The Kier molecular flexibility index (Phi) is 9.13. The lowest BCUT2D eigenvalue weighted by Crippen LogP contribution is -2.44. The lowest BCUT2D eigenvalue weighted by atomic mass is 9.95. The van der Waals surface area contributed by atoms with Crippen LogP contribution in [0, 0.1) is 30.2 Å². The van der Waals surface area contributed by atoms with Gasteiger partial charge in [-0.15, -0.1) is 0 Å². The van der Waals surface area contributed by atoms with Gasteiger partial charge in [-0.05, 0) is 37.3 Å². The molecule has 1 saturated heterocycles. The molecule has 0 spiro atoms. The molecular weight excluding hydrogens is 595 g/mol. The third-order valence-corrected chi connectivity index (χ3v) is 7.27. The number of anilines is 1. The summed E-state index contributed by atoms with van der Waals surface area (Å²) in [4.78, 5) is 12.8. The summed E-state index contributed by atoms with van der Waals surface area (Å²) >= 11 is 0. The maximum absolute atomic E-state index is 15.7. The first-order chi connectivity index (χ1) is 20.6. The fourth-order valence-corrected chi connectivity index (χ4v) is 5.25. The van der Waals surface area contributed by atoms with E-state index in [9.17, 15) is 21.6 Å². The molecule has 1 unspecified atom stereocenters. The van der Waals surface area contributed by atoms with Gasteiger partial charge in [-0.3, -0.25) is 0 Å². The molecule has 15 heteroatoms. The number of nitrogens with one attached hydrogen (secondary N) is 3. The standard InChI is InChI=1S/C28H25F5N6O3S/c1-14-22(11-20(32)24(25(14)33)26(39-43(40)41)23-18(30)5-2-6-19(23)31)42-27-17(4-3-8-35-27)21-7-9-36-28(38-21)37-16-10-15(29)12-34-13-16/h2-9,11,15-16,26,34,43H,10,12-13H2,1H3,(H,36,37,38)(H,39,40,41)/t15-,16-,26?/m0/s1. The van der Waals surface area contributed by atoms with Crippen LogP contribution in [0.5, 0.6) is 11.6 Å². The summed E-state index contributed by atoms with van der Waals surface area (Å²) in [5.74, 6) is -5.20. The summed E-state index contributed by atoms with van der Waals surface area (Å²) in [6.45, 7) is 2.02. The van der Waals surface area contributed by atoms with Crippen molar-refractivity contribution in [1.29, 1.82) is 0 Å². The highest BCUT2D eigenvalue weighted by molar-refractivity contribution is 7.70. The van der Waals surface area contributed by atoms with Crippen LogP contribution in [0.25, 0.3) is 11.3 Å². The monoisotopic (exact) mass is 620 g/mol. The number of benzene rings is 2. The van der Waals surface area contributed by atoms with Crippen molar-refractivity contribution < 1.29 is 35.1 Å². The predicted octanol–water partition coefficient (Wildman–Crippen LogP) is 4.51. The molecule has 0 radical (unpaired) electrons. The number of nitrogens with zero attached hydrogens (tertiary/aromatic N) is 3. The number of rotatable bonds is 9. The molecule has 9 nitrogen and oxygen atoms in total. The van der Waals surface area contributed by atoms with E-state index in [0.29, 0.717) is 17.8 Å². The van der Waals surface area contributed by atoms with Gasteiger partial charge in [0, 0.05) is 60.7 Å². The second kappa shape index (κ2) is 13.0. The minimum atomic E-state index is -3.53. The topological polar surface area (TPSA) is 118 Å². The fraction of sp³-hybridized carbons (Fsp3) is 0.250. The van der Waals surface area contributed by atoms with Gasteiger partial charge in [0.05, 0.1) is 17.3 Å². The minimum Gasteiger partial charge on any atom is -0.438 e. The van der Waals surface area contributed by atoms with E-state index in [1.165, 1.54) is 19.3 Å². The van der Waals surface area contributed by atoms with Gasteiger partial charge in [0.2, 0.25) is 22.7 Å². The zero-order chi connectivity index (χ0) is 30.7. The normalized spacial score (nSPS) is 17.6. The van der Waals surface area contributed by atoms with Gasteiger partial charge in [-0.1, -0.05) is 6.07 Å². The van der Waals surface area contributed by atoms with Gasteiger partial charge in [0.15, 0.2) is 0 Å². The highest BCUT2D eigenvalue weighted by Crippen LogP contribution is 2.38. The number of thiol groups is 1. The first-order valence-corrected chi connectivity index (χ1v) is 14.2. The molecule has 3 N–H and O–H groups in total. The molecule has 1 aliphatic rings. The number of hydrogen-bond acceptors (Lipinski definition) is 8. The Morgan fingerprint density at radius 1 is 0.977 bits per heavy atom. The molecule has 3 heterocycles. The van der Waals surface area contributed by atoms with E-state index in [4.69, 9.17) is 4.74 Å². The zero-order valence-electron chi connectivity index (χ0n) is 22.5. The Morgan fingerprint density at radius 3 is 2.47 bits per heavy atom. The lowest BCUT2D eigenvalue weighted by Gasteiger charge is -2.26. The van der Waals surface area contributed by atoms with Crippen LogP contribution in [-0.2, 0) is 10.9 Å². The van der Waals surface area contributed by atoms with E-state index >= 15 is 8.78 Å². The Bertz CT molecular complexity index is 1700. The molecule has 226 valence electrons. The van der Waals surface area contributed by atoms with Crippen molar-refractivity contribution in [1.82, 2.24) is 25.0 Å². The summed E-state index contributed by atoms with van der Waals surface area (Å²) in [6.07, 6.45) is 2.12. The molecule has 43 heavy (non-hydrogen) atoms. The highest BCUT2D eigenvalue weighted by atomic mass is 32.2. The van der Waals surface area contributed by atoms with Crippen molar-refractivity contribution in [3.63, 3.8) is 0 Å². The minimum absolute atomic E-state index is 0.0811. The summed E-state index contributed by atoms with van der Waals surface area (Å²) in [7, 11) is -3.53. The van der Waals surface area contributed by atoms with Crippen molar-refractivity contribution in [2.75, 3.05) is 18.4 Å². The summed E-state index contributed by atoms with van der Waals surface area (Å²) in [5, 5.41) is 6.06. The summed E-state index contributed by atoms with van der Waals surface area (Å²) < 4.78 is 105. The molecule has 1 aliphatic heterocycles. The number of ether oxygens (including phenoxy) is 1. The van der Waals surface area contributed by atoms with E-state index in [0.717, 1.165) is 24.3 Å². The number of hydrogen-bond donors (Lipinski definition) is 4. The molecule has 3 atom stereocenters. The van der Waals surface area contributed by atoms with Gasteiger partial charge in [0.25, 0.3) is 0 Å². The average Bonchev–Trinajstić information content (AvgIpc) is 2.96. The first kappa shape index (κ1) is 30.3. The third kappa shape index (κ3) is 6.73. The molecule has 0 bridgehead atoms. The third-order valence-electron chi connectivity index (χ3n) is 6.80. The molecule has 0 aliphatic carbocycles. The Balaban J connectivity index is 1.49. The number of halogens is 5. The smallest absolute Gasteiger partial charge is 0.228 e. The van der Waals surface area contributed by atoms with Crippen LogP contribution in [0.15, 0.2) is 54.9 Å². The Hall–Kier alpha value is -4.21. The summed E-state index contributed by atoms with van der Waals surface area (Å²) in [6, 6.07) is 5.96. The fourth-order valence-electron chi connectivity index (χ4n) is 4.78. The molecule has 4 aromatic rings. The number of alkyl halides is 1. The van der Waals surface area contributed by atoms with Crippen LogP contribution in [0.3, 0.4) is 0 Å². The van der Waals surface area contributed by atoms with Gasteiger partial charge < -0.3 is 15.4 Å². The zero-order valence-corrected chi connectivity index (χ0v) is 23.3.